The normalized spacial score (nSPS) is 11.3. The molecule has 3 rings (SSSR count). The molecule has 27 heavy (non-hydrogen) atoms. The molecule has 3 aromatic rings. The average Bonchev–Trinajstić information content (AvgIpc) is 3.08. The van der Waals surface area contributed by atoms with Gasteiger partial charge in [-0.25, -0.2) is 0 Å². The molecule has 0 fully saturated rings. The average molecular weight is 363 g/mol. The highest BCUT2D eigenvalue weighted by Crippen LogP contribution is 2.22. The van der Waals surface area contributed by atoms with Crippen molar-refractivity contribution in [2.75, 3.05) is 18.1 Å². The van der Waals surface area contributed by atoms with Gasteiger partial charge in [0.05, 0.1) is 0 Å². The van der Waals surface area contributed by atoms with Gasteiger partial charge < -0.3 is 15.8 Å². The first-order valence-corrected chi connectivity index (χ1v) is 8.41. The van der Waals surface area contributed by atoms with Crippen LogP contribution in [0.3, 0.4) is 0 Å². The molecular formula is C20H21N5O2. The van der Waals surface area contributed by atoms with Crippen molar-refractivity contribution < 1.29 is 9.53 Å². The molecule has 0 aliphatic rings. The van der Waals surface area contributed by atoms with Gasteiger partial charge in [-0.15, -0.1) is 0 Å². The summed E-state index contributed by atoms with van der Waals surface area (Å²) in [6.45, 7) is 0.420. The number of nitrogens with one attached hydrogen (secondary N) is 1. The number of rotatable bonds is 6. The molecule has 0 aliphatic heterocycles. The van der Waals surface area contributed by atoms with E-state index >= 15 is 0 Å². The van der Waals surface area contributed by atoms with Crippen LogP contribution in [0.15, 0.2) is 65.8 Å². The quantitative estimate of drug-likeness (QED) is 0.520. The molecule has 0 radical (unpaired) electrons. The first kappa shape index (κ1) is 18.2. The monoisotopic (exact) mass is 363 g/mol. The highest BCUT2D eigenvalue weighted by molar-refractivity contribution is 6.49. The maximum atomic E-state index is 12.6. The summed E-state index contributed by atoms with van der Waals surface area (Å²) in [5.41, 5.74) is 8.29. The summed E-state index contributed by atoms with van der Waals surface area (Å²) in [5.74, 6) is 0.664. The third-order valence-corrected chi connectivity index (χ3v) is 3.92. The fourth-order valence-electron chi connectivity index (χ4n) is 2.57. The number of ether oxygens (including phenoxy) is 1. The van der Waals surface area contributed by atoms with Crippen LogP contribution in [0.1, 0.15) is 11.1 Å². The minimum Gasteiger partial charge on any atom is -0.489 e. The van der Waals surface area contributed by atoms with Crippen molar-refractivity contribution in [3.8, 4) is 5.75 Å². The summed E-state index contributed by atoms with van der Waals surface area (Å²) in [5, 5.41) is 6.86. The number of aliphatic imine (C=N–C) groups is 1. The Kier molecular flexibility index (Phi) is 5.51. The number of aryl methyl sites for hydroxylation is 1. The summed E-state index contributed by atoms with van der Waals surface area (Å²) in [6.07, 6.45) is 1.74. The number of hydrogen-bond acceptors (Lipinski definition) is 5. The summed E-state index contributed by atoms with van der Waals surface area (Å²) in [6, 6.07) is 16.7. The lowest BCUT2D eigenvalue weighted by atomic mass is 10.1. The van der Waals surface area contributed by atoms with Gasteiger partial charge in [0.2, 0.25) is 0 Å². The third-order valence-electron chi connectivity index (χ3n) is 3.92. The Morgan fingerprint density at radius 1 is 1.22 bits per heavy atom. The van der Waals surface area contributed by atoms with E-state index in [9.17, 15) is 4.79 Å². The van der Waals surface area contributed by atoms with Crippen LogP contribution >= 0.6 is 0 Å². The van der Waals surface area contributed by atoms with Crippen LogP contribution in [-0.2, 0) is 18.4 Å². The molecule has 0 spiro atoms. The molecule has 0 bridgehead atoms. The van der Waals surface area contributed by atoms with Crippen molar-refractivity contribution in [1.82, 2.24) is 9.78 Å². The van der Waals surface area contributed by atoms with Gasteiger partial charge in [0.25, 0.3) is 5.91 Å². The number of aromatic nitrogens is 2. The predicted molar refractivity (Wildman–Crippen MR) is 106 cm³/mol. The molecule has 1 aromatic heterocycles. The van der Waals surface area contributed by atoms with E-state index in [1.807, 2.05) is 30.3 Å². The first-order chi connectivity index (χ1) is 13.1. The summed E-state index contributed by atoms with van der Waals surface area (Å²) >= 11 is 0. The van der Waals surface area contributed by atoms with E-state index in [0.717, 1.165) is 5.56 Å². The van der Waals surface area contributed by atoms with Crippen molar-refractivity contribution in [3.63, 3.8) is 0 Å². The smallest absolute Gasteiger partial charge is 0.275 e. The Morgan fingerprint density at radius 2 is 2.00 bits per heavy atom. The summed E-state index contributed by atoms with van der Waals surface area (Å²) < 4.78 is 7.43. The predicted octanol–water partition coefficient (Wildman–Crippen LogP) is 2.64. The van der Waals surface area contributed by atoms with Gasteiger partial charge in [0.1, 0.15) is 18.1 Å². The van der Waals surface area contributed by atoms with Gasteiger partial charge in [0, 0.05) is 37.6 Å². The largest absolute Gasteiger partial charge is 0.489 e. The van der Waals surface area contributed by atoms with E-state index in [0.29, 0.717) is 29.4 Å². The highest BCUT2D eigenvalue weighted by atomic mass is 16.5. The van der Waals surface area contributed by atoms with Crippen LogP contribution < -0.4 is 15.8 Å². The molecule has 0 saturated carbocycles. The Hall–Kier alpha value is -3.61. The standard InChI is InChI=1S/C20H21N5O2/c1-22-19(20(26)23-18-10-11-25(2)24-18)16-12-15(8-9-17(16)21)27-13-14-6-4-3-5-7-14/h3-12H,13,21H2,1-2H3,(H,23,24,26). The zero-order chi connectivity index (χ0) is 19.2. The maximum absolute atomic E-state index is 12.6. The van der Waals surface area contributed by atoms with Crippen LogP contribution in [0.4, 0.5) is 11.5 Å². The Bertz CT molecular complexity index is 964. The lowest BCUT2D eigenvalue weighted by Crippen LogP contribution is -2.25. The van der Waals surface area contributed by atoms with Crippen molar-refractivity contribution in [2.45, 2.75) is 6.61 Å². The molecule has 7 heteroatoms. The number of nitrogens with zero attached hydrogens (tertiary/aromatic N) is 3. The Balaban J connectivity index is 1.78. The van der Waals surface area contributed by atoms with Crippen molar-refractivity contribution in [3.05, 3.63) is 71.9 Å². The zero-order valence-electron chi connectivity index (χ0n) is 15.2. The van der Waals surface area contributed by atoms with Crippen LogP contribution in [0, 0.1) is 0 Å². The van der Waals surface area contributed by atoms with Gasteiger partial charge in [0.15, 0.2) is 5.82 Å². The van der Waals surface area contributed by atoms with Gasteiger partial charge in [-0.05, 0) is 23.8 Å². The van der Waals surface area contributed by atoms with Crippen LogP contribution in [0.25, 0.3) is 0 Å². The minimum absolute atomic E-state index is 0.211. The molecule has 3 N–H and O–H groups in total. The van der Waals surface area contributed by atoms with E-state index in [4.69, 9.17) is 10.5 Å². The van der Waals surface area contributed by atoms with Crippen LogP contribution in [0.5, 0.6) is 5.75 Å². The van der Waals surface area contributed by atoms with E-state index in [-0.39, 0.29) is 11.6 Å². The van der Waals surface area contributed by atoms with Crippen LogP contribution in [0.2, 0.25) is 0 Å². The van der Waals surface area contributed by atoms with Gasteiger partial charge in [-0.2, -0.15) is 5.10 Å². The molecule has 0 aliphatic carbocycles. The molecule has 2 aromatic carbocycles. The van der Waals surface area contributed by atoms with Crippen molar-refractivity contribution >= 4 is 23.1 Å². The lowest BCUT2D eigenvalue weighted by Gasteiger charge is -2.12. The van der Waals surface area contributed by atoms with E-state index in [1.165, 1.54) is 0 Å². The molecule has 0 unspecified atom stereocenters. The van der Waals surface area contributed by atoms with Gasteiger partial charge in [-0.1, -0.05) is 30.3 Å². The second kappa shape index (κ2) is 8.18. The van der Waals surface area contributed by atoms with E-state index in [2.05, 4.69) is 15.4 Å². The molecule has 7 nitrogen and oxygen atoms in total. The number of carbonyl (C=O) groups is 1. The number of amides is 1. The number of anilines is 2. The first-order valence-electron chi connectivity index (χ1n) is 8.41. The minimum atomic E-state index is -0.386. The molecule has 138 valence electrons. The molecule has 0 saturated heterocycles. The number of hydrogen-bond donors (Lipinski definition) is 2. The van der Waals surface area contributed by atoms with Gasteiger partial charge in [-0.3, -0.25) is 14.5 Å². The van der Waals surface area contributed by atoms with E-state index < -0.39 is 0 Å². The lowest BCUT2D eigenvalue weighted by molar-refractivity contribution is -0.110. The fraction of sp³-hybridized carbons (Fsp3) is 0.150. The summed E-state index contributed by atoms with van der Waals surface area (Å²) in [7, 11) is 3.32. The number of nitrogen functional groups attached to an aromatic ring is 1. The second-order valence-corrected chi connectivity index (χ2v) is 5.92. The Labute approximate surface area is 157 Å². The summed E-state index contributed by atoms with van der Waals surface area (Å²) in [4.78, 5) is 16.7. The zero-order valence-corrected chi connectivity index (χ0v) is 15.2. The molecule has 1 heterocycles. The topological polar surface area (TPSA) is 94.5 Å². The second-order valence-electron chi connectivity index (χ2n) is 5.92. The number of benzene rings is 2. The Morgan fingerprint density at radius 3 is 2.67 bits per heavy atom. The van der Waals surface area contributed by atoms with Gasteiger partial charge >= 0.3 is 0 Å². The van der Waals surface area contributed by atoms with E-state index in [1.54, 1.807) is 49.2 Å². The van der Waals surface area contributed by atoms with Crippen molar-refractivity contribution in [1.29, 1.82) is 0 Å². The fourth-order valence-corrected chi connectivity index (χ4v) is 2.57. The van der Waals surface area contributed by atoms with Crippen molar-refractivity contribution in [2.24, 2.45) is 12.0 Å². The molecule has 1 amide bonds. The van der Waals surface area contributed by atoms with Crippen LogP contribution in [-0.4, -0.2) is 28.4 Å². The SMILES string of the molecule is CN=C(C(=O)Nc1ccn(C)n1)c1cc(OCc2ccccc2)ccc1N. The third kappa shape index (κ3) is 4.52. The number of carbonyl (C=O) groups excluding carboxylic acids is 1. The molecular weight excluding hydrogens is 342 g/mol. The molecule has 0 atom stereocenters. The highest BCUT2D eigenvalue weighted by Gasteiger charge is 2.18. The maximum Gasteiger partial charge on any atom is 0.275 e. The number of nitrogens with two attached hydrogens (primary N) is 1.